The molecule has 7 heteroatoms. The molecule has 1 N–H and O–H groups in total. The van der Waals surface area contributed by atoms with E-state index in [-0.39, 0.29) is 0 Å². The van der Waals surface area contributed by atoms with Gasteiger partial charge in [0, 0.05) is 12.1 Å². The highest BCUT2D eigenvalue weighted by atomic mass is 16.5. The quantitative estimate of drug-likeness (QED) is 0.772. The topological polar surface area (TPSA) is 74.1 Å². The highest BCUT2D eigenvalue weighted by Gasteiger charge is 2.08. The van der Waals surface area contributed by atoms with E-state index < -0.39 is 0 Å². The standard InChI is InChI=1S/C13H17N5O2/c1-4-7-18-13(15-16-17-18)14-9-10-8-11(19-2)5-6-12(10)20-3/h4-6,8H,1,7,9H2,2-3H3,(H,14,15,17). The van der Waals surface area contributed by atoms with Crippen LogP contribution < -0.4 is 14.8 Å². The van der Waals surface area contributed by atoms with Gasteiger partial charge in [-0.3, -0.25) is 0 Å². The van der Waals surface area contributed by atoms with Crippen LogP contribution in [-0.2, 0) is 13.1 Å². The number of benzene rings is 1. The van der Waals surface area contributed by atoms with Crippen LogP contribution >= 0.6 is 0 Å². The van der Waals surface area contributed by atoms with Crippen LogP contribution in [0.15, 0.2) is 30.9 Å². The van der Waals surface area contributed by atoms with Crippen molar-refractivity contribution >= 4 is 5.95 Å². The van der Waals surface area contributed by atoms with E-state index >= 15 is 0 Å². The summed E-state index contributed by atoms with van der Waals surface area (Å²) in [4.78, 5) is 0. The first kappa shape index (κ1) is 13.9. The Morgan fingerprint density at radius 2 is 2.20 bits per heavy atom. The Hall–Kier alpha value is -2.57. The average Bonchev–Trinajstić information content (AvgIpc) is 2.92. The summed E-state index contributed by atoms with van der Waals surface area (Å²) in [6, 6.07) is 5.63. The van der Waals surface area contributed by atoms with Gasteiger partial charge in [-0.05, 0) is 28.6 Å². The summed E-state index contributed by atoms with van der Waals surface area (Å²) >= 11 is 0. The van der Waals surface area contributed by atoms with Crippen molar-refractivity contribution in [2.75, 3.05) is 19.5 Å². The Balaban J connectivity index is 2.13. The summed E-state index contributed by atoms with van der Waals surface area (Å²) in [5.41, 5.74) is 0.958. The molecule has 0 amide bonds. The normalized spacial score (nSPS) is 10.1. The maximum atomic E-state index is 5.32. The van der Waals surface area contributed by atoms with Gasteiger partial charge in [0.2, 0.25) is 5.95 Å². The fourth-order valence-electron chi connectivity index (χ4n) is 1.77. The summed E-state index contributed by atoms with van der Waals surface area (Å²) < 4.78 is 12.2. The SMILES string of the molecule is C=CCn1nnnc1NCc1cc(OC)ccc1OC. The van der Waals surface area contributed by atoms with Gasteiger partial charge in [-0.25, -0.2) is 4.68 Å². The fraction of sp³-hybridized carbons (Fsp3) is 0.308. The van der Waals surface area contributed by atoms with Crippen LogP contribution in [0.3, 0.4) is 0 Å². The number of ether oxygens (including phenoxy) is 2. The number of hydrogen-bond donors (Lipinski definition) is 1. The molecule has 0 fully saturated rings. The van der Waals surface area contributed by atoms with Crippen molar-refractivity contribution < 1.29 is 9.47 Å². The van der Waals surface area contributed by atoms with Gasteiger partial charge in [0.05, 0.1) is 20.8 Å². The lowest BCUT2D eigenvalue weighted by molar-refractivity contribution is 0.399. The molecule has 0 aliphatic rings. The van der Waals surface area contributed by atoms with Crippen LogP contribution in [0.5, 0.6) is 11.5 Å². The summed E-state index contributed by atoms with van der Waals surface area (Å²) in [6.45, 7) is 4.74. The van der Waals surface area contributed by atoms with E-state index in [0.717, 1.165) is 17.1 Å². The van der Waals surface area contributed by atoms with Crippen molar-refractivity contribution in [2.45, 2.75) is 13.1 Å². The second-order valence-corrected chi connectivity index (χ2v) is 4.00. The highest BCUT2D eigenvalue weighted by Crippen LogP contribution is 2.24. The average molecular weight is 275 g/mol. The van der Waals surface area contributed by atoms with E-state index in [1.54, 1.807) is 25.0 Å². The Labute approximate surface area is 117 Å². The van der Waals surface area contributed by atoms with Crippen LogP contribution in [0.25, 0.3) is 0 Å². The molecular formula is C13H17N5O2. The Bertz CT molecular complexity index is 582. The molecule has 0 spiro atoms. The molecule has 106 valence electrons. The van der Waals surface area contributed by atoms with Crippen LogP contribution in [0.1, 0.15) is 5.56 Å². The molecular weight excluding hydrogens is 258 g/mol. The molecule has 2 aromatic rings. The largest absolute Gasteiger partial charge is 0.497 e. The molecule has 0 atom stereocenters. The molecule has 1 heterocycles. The number of aromatic nitrogens is 4. The van der Waals surface area contributed by atoms with Crippen molar-refractivity contribution in [3.05, 3.63) is 36.4 Å². The summed E-state index contributed by atoms with van der Waals surface area (Å²) in [5, 5.41) is 14.6. The number of nitrogens with one attached hydrogen (secondary N) is 1. The number of nitrogens with zero attached hydrogens (tertiary/aromatic N) is 4. The second-order valence-electron chi connectivity index (χ2n) is 4.00. The maximum absolute atomic E-state index is 5.32. The smallest absolute Gasteiger partial charge is 0.243 e. The van der Waals surface area contributed by atoms with Crippen LogP contribution in [0.4, 0.5) is 5.95 Å². The molecule has 2 rings (SSSR count). The zero-order valence-electron chi connectivity index (χ0n) is 11.5. The maximum Gasteiger partial charge on any atom is 0.243 e. The minimum Gasteiger partial charge on any atom is -0.497 e. The van der Waals surface area contributed by atoms with Gasteiger partial charge >= 0.3 is 0 Å². The van der Waals surface area contributed by atoms with Crippen molar-refractivity contribution in [2.24, 2.45) is 0 Å². The van der Waals surface area contributed by atoms with Crippen LogP contribution in [0, 0.1) is 0 Å². The lowest BCUT2D eigenvalue weighted by Gasteiger charge is -2.11. The van der Waals surface area contributed by atoms with Gasteiger partial charge in [0.15, 0.2) is 0 Å². The molecule has 0 saturated heterocycles. The third-order valence-electron chi connectivity index (χ3n) is 2.76. The molecule has 1 aromatic carbocycles. The first-order valence-corrected chi connectivity index (χ1v) is 6.10. The molecule has 0 saturated carbocycles. The highest BCUT2D eigenvalue weighted by molar-refractivity contribution is 5.42. The first-order chi connectivity index (χ1) is 9.78. The number of hydrogen-bond acceptors (Lipinski definition) is 6. The number of tetrazole rings is 1. The van der Waals surface area contributed by atoms with Crippen LogP contribution in [-0.4, -0.2) is 34.4 Å². The Morgan fingerprint density at radius 1 is 1.35 bits per heavy atom. The van der Waals surface area contributed by atoms with Gasteiger partial charge in [-0.2, -0.15) is 0 Å². The van der Waals surface area contributed by atoms with Crippen LogP contribution in [0.2, 0.25) is 0 Å². The minimum atomic E-state index is 0.526. The third kappa shape index (κ3) is 3.05. The monoisotopic (exact) mass is 275 g/mol. The molecule has 0 unspecified atom stereocenters. The summed E-state index contributed by atoms with van der Waals surface area (Å²) in [6.07, 6.45) is 1.73. The van der Waals surface area contributed by atoms with Gasteiger partial charge in [-0.15, -0.1) is 6.58 Å². The summed E-state index contributed by atoms with van der Waals surface area (Å²) in [7, 11) is 3.26. The van der Waals surface area contributed by atoms with E-state index in [1.165, 1.54) is 0 Å². The Morgan fingerprint density at radius 3 is 2.90 bits per heavy atom. The number of rotatable bonds is 7. The molecule has 0 bridgehead atoms. The van der Waals surface area contributed by atoms with Gasteiger partial charge in [-0.1, -0.05) is 11.2 Å². The molecule has 0 aliphatic heterocycles. The van der Waals surface area contributed by atoms with Gasteiger partial charge in [0.1, 0.15) is 11.5 Å². The van der Waals surface area contributed by atoms with Gasteiger partial charge < -0.3 is 14.8 Å². The lowest BCUT2D eigenvalue weighted by atomic mass is 10.2. The number of methoxy groups -OCH3 is 2. The zero-order chi connectivity index (χ0) is 14.4. The minimum absolute atomic E-state index is 0.526. The Kier molecular flexibility index (Phi) is 4.54. The van der Waals surface area contributed by atoms with E-state index in [9.17, 15) is 0 Å². The molecule has 0 radical (unpaired) electrons. The van der Waals surface area contributed by atoms with Crippen molar-refractivity contribution in [1.29, 1.82) is 0 Å². The third-order valence-corrected chi connectivity index (χ3v) is 2.76. The molecule has 20 heavy (non-hydrogen) atoms. The second kappa shape index (κ2) is 6.55. The molecule has 0 aliphatic carbocycles. The molecule has 1 aromatic heterocycles. The van der Waals surface area contributed by atoms with E-state index in [0.29, 0.717) is 19.0 Å². The molecule has 7 nitrogen and oxygen atoms in total. The number of allylic oxidation sites excluding steroid dienone is 1. The summed E-state index contributed by atoms with van der Waals surface area (Å²) in [5.74, 6) is 2.13. The van der Waals surface area contributed by atoms with E-state index in [4.69, 9.17) is 9.47 Å². The predicted molar refractivity (Wildman–Crippen MR) is 74.9 cm³/mol. The number of anilines is 1. The van der Waals surface area contributed by atoms with Crippen molar-refractivity contribution in [3.63, 3.8) is 0 Å². The zero-order valence-corrected chi connectivity index (χ0v) is 11.5. The first-order valence-electron chi connectivity index (χ1n) is 6.10. The van der Waals surface area contributed by atoms with Crippen molar-refractivity contribution in [1.82, 2.24) is 20.2 Å². The lowest BCUT2D eigenvalue weighted by Crippen LogP contribution is -2.09. The van der Waals surface area contributed by atoms with Crippen molar-refractivity contribution in [3.8, 4) is 11.5 Å². The van der Waals surface area contributed by atoms with E-state index in [1.807, 2.05) is 18.2 Å². The fourth-order valence-corrected chi connectivity index (χ4v) is 1.77. The van der Waals surface area contributed by atoms with Gasteiger partial charge in [0.25, 0.3) is 0 Å². The van der Waals surface area contributed by atoms with E-state index in [2.05, 4.69) is 27.4 Å². The predicted octanol–water partition coefficient (Wildman–Crippen LogP) is 1.49.